The molecule has 0 aliphatic rings. The quantitative estimate of drug-likeness (QED) is 0.407. The molecule has 0 fully saturated rings. The first-order valence-electron chi connectivity index (χ1n) is 8.80. The molecule has 2 aromatic carbocycles. The smallest absolute Gasteiger partial charge is 0.377 e. The van der Waals surface area contributed by atoms with Crippen molar-refractivity contribution in [2.45, 2.75) is 38.6 Å². The third-order valence-corrected chi connectivity index (χ3v) is 4.34. The Morgan fingerprint density at radius 2 is 1.35 bits per heavy atom. The van der Waals surface area contributed by atoms with Crippen LogP contribution in [0.25, 0.3) is 0 Å². The summed E-state index contributed by atoms with van der Waals surface area (Å²) in [5.41, 5.74) is 2.24. The van der Waals surface area contributed by atoms with Crippen molar-refractivity contribution in [2.24, 2.45) is 0 Å². The van der Waals surface area contributed by atoms with Gasteiger partial charge in [0.2, 0.25) is 0 Å². The standard InChI is InChI=1S/C20H25O5P/c21-26(22)25-20(13-15-24-17-19-10-5-2-6-11-19)12-7-14-23-16-18-8-3-1-4-9-18/h1-6,8-11,20H,7,12-17H2/p+1. The Kier molecular flexibility index (Phi) is 10.1. The summed E-state index contributed by atoms with van der Waals surface area (Å²) in [6.07, 6.45) is 1.69. The fraction of sp³-hybridized carbons (Fsp3) is 0.400. The minimum atomic E-state index is -2.61. The van der Waals surface area contributed by atoms with Gasteiger partial charge in [-0.25, -0.2) is 0 Å². The lowest BCUT2D eigenvalue weighted by Crippen LogP contribution is -2.14. The fourth-order valence-electron chi connectivity index (χ4n) is 2.53. The van der Waals surface area contributed by atoms with Crippen LogP contribution >= 0.6 is 8.25 Å². The van der Waals surface area contributed by atoms with E-state index in [2.05, 4.69) is 0 Å². The molecule has 0 saturated heterocycles. The predicted molar refractivity (Wildman–Crippen MR) is 101 cm³/mol. The van der Waals surface area contributed by atoms with E-state index < -0.39 is 8.25 Å². The van der Waals surface area contributed by atoms with Crippen molar-refractivity contribution in [1.29, 1.82) is 0 Å². The highest BCUT2D eigenvalue weighted by molar-refractivity contribution is 7.32. The minimum absolute atomic E-state index is 0.306. The molecular weight excluding hydrogens is 351 g/mol. The van der Waals surface area contributed by atoms with E-state index in [0.717, 1.165) is 17.5 Å². The summed E-state index contributed by atoms with van der Waals surface area (Å²) in [5, 5.41) is 0. The molecule has 2 aromatic rings. The van der Waals surface area contributed by atoms with E-state index in [9.17, 15) is 4.57 Å². The third-order valence-electron chi connectivity index (χ3n) is 3.86. The van der Waals surface area contributed by atoms with Crippen LogP contribution in [0.5, 0.6) is 0 Å². The Hall–Kier alpha value is -1.62. The largest absolute Gasteiger partial charge is 0.694 e. The van der Waals surface area contributed by atoms with Gasteiger partial charge in [0.05, 0.1) is 13.2 Å². The van der Waals surface area contributed by atoms with Gasteiger partial charge in [0.25, 0.3) is 0 Å². The average molecular weight is 377 g/mol. The van der Waals surface area contributed by atoms with Gasteiger partial charge in [0.1, 0.15) is 6.10 Å². The number of hydrogen-bond acceptors (Lipinski definition) is 4. The van der Waals surface area contributed by atoms with Gasteiger partial charge in [-0.3, -0.25) is 0 Å². The molecule has 0 heterocycles. The molecule has 0 aliphatic carbocycles. The first kappa shape index (κ1) is 20.7. The highest BCUT2D eigenvalue weighted by Gasteiger charge is 2.22. The number of hydrogen-bond donors (Lipinski definition) is 1. The van der Waals surface area contributed by atoms with Gasteiger partial charge in [-0.15, -0.1) is 9.42 Å². The van der Waals surface area contributed by atoms with Crippen LogP contribution < -0.4 is 0 Å². The number of benzene rings is 2. The third kappa shape index (κ3) is 9.18. The Morgan fingerprint density at radius 1 is 0.808 bits per heavy atom. The van der Waals surface area contributed by atoms with Crippen LogP contribution in [-0.2, 0) is 31.8 Å². The molecule has 0 radical (unpaired) electrons. The molecule has 0 saturated carbocycles. The van der Waals surface area contributed by atoms with E-state index in [1.807, 2.05) is 60.7 Å². The maximum Gasteiger partial charge on any atom is 0.694 e. The summed E-state index contributed by atoms with van der Waals surface area (Å²) in [6.45, 7) is 2.16. The summed E-state index contributed by atoms with van der Waals surface area (Å²) in [4.78, 5) is 9.02. The van der Waals surface area contributed by atoms with Crippen molar-refractivity contribution in [3.05, 3.63) is 71.8 Å². The molecule has 0 aromatic heterocycles. The second-order valence-electron chi connectivity index (χ2n) is 5.97. The van der Waals surface area contributed by atoms with Crippen molar-refractivity contribution in [3.8, 4) is 0 Å². The maximum atomic E-state index is 11.0. The van der Waals surface area contributed by atoms with E-state index in [-0.39, 0.29) is 6.10 Å². The van der Waals surface area contributed by atoms with Gasteiger partial charge in [-0.05, 0) is 24.0 Å². The van der Waals surface area contributed by atoms with E-state index >= 15 is 0 Å². The fourth-order valence-corrected chi connectivity index (χ4v) is 3.00. The van der Waals surface area contributed by atoms with Crippen molar-refractivity contribution in [3.63, 3.8) is 0 Å². The van der Waals surface area contributed by atoms with Crippen LogP contribution in [-0.4, -0.2) is 24.2 Å². The van der Waals surface area contributed by atoms with Crippen molar-refractivity contribution in [2.75, 3.05) is 13.2 Å². The highest BCUT2D eigenvalue weighted by Crippen LogP contribution is 2.23. The van der Waals surface area contributed by atoms with Gasteiger partial charge in [-0.2, -0.15) is 0 Å². The van der Waals surface area contributed by atoms with Crippen molar-refractivity contribution in [1.82, 2.24) is 0 Å². The monoisotopic (exact) mass is 377 g/mol. The number of ether oxygens (including phenoxy) is 2. The van der Waals surface area contributed by atoms with Gasteiger partial charge in [0, 0.05) is 24.2 Å². The molecular formula is C20H26O5P+. The van der Waals surface area contributed by atoms with Gasteiger partial charge in [-0.1, -0.05) is 60.7 Å². The molecule has 1 N–H and O–H groups in total. The first-order chi connectivity index (χ1) is 12.7. The van der Waals surface area contributed by atoms with Gasteiger partial charge in [0.15, 0.2) is 0 Å². The molecule has 0 bridgehead atoms. The second kappa shape index (κ2) is 12.7. The summed E-state index contributed by atoms with van der Waals surface area (Å²) in [7, 11) is -2.61. The summed E-state index contributed by atoms with van der Waals surface area (Å²) in [5.74, 6) is 0. The van der Waals surface area contributed by atoms with E-state index in [1.54, 1.807) is 0 Å². The first-order valence-corrected chi connectivity index (χ1v) is 9.93. The molecule has 0 amide bonds. The van der Waals surface area contributed by atoms with Crippen LogP contribution in [0.3, 0.4) is 0 Å². The molecule has 2 unspecified atom stereocenters. The summed E-state index contributed by atoms with van der Waals surface area (Å²) < 4.78 is 27.4. The Labute approximate surface area is 155 Å². The maximum absolute atomic E-state index is 11.0. The lowest BCUT2D eigenvalue weighted by molar-refractivity contribution is 0.0677. The zero-order chi connectivity index (χ0) is 18.5. The van der Waals surface area contributed by atoms with Gasteiger partial charge < -0.3 is 9.47 Å². The van der Waals surface area contributed by atoms with E-state index in [4.69, 9.17) is 18.9 Å². The topological polar surface area (TPSA) is 65.0 Å². The average Bonchev–Trinajstić information content (AvgIpc) is 2.66. The molecule has 2 rings (SSSR count). The summed E-state index contributed by atoms with van der Waals surface area (Å²) in [6, 6.07) is 19.9. The number of rotatable bonds is 13. The molecule has 0 aliphatic heterocycles. The lowest BCUT2D eigenvalue weighted by Gasteiger charge is -2.11. The van der Waals surface area contributed by atoms with E-state index in [1.165, 1.54) is 0 Å². The Morgan fingerprint density at radius 3 is 1.88 bits per heavy atom. The van der Waals surface area contributed by atoms with E-state index in [0.29, 0.717) is 39.3 Å². The highest BCUT2D eigenvalue weighted by atomic mass is 31.1. The zero-order valence-electron chi connectivity index (χ0n) is 14.8. The van der Waals surface area contributed by atoms with Crippen molar-refractivity contribution < 1.29 is 23.5 Å². The zero-order valence-corrected chi connectivity index (χ0v) is 15.7. The lowest BCUT2D eigenvalue weighted by atomic mass is 10.1. The molecule has 6 heteroatoms. The van der Waals surface area contributed by atoms with Gasteiger partial charge >= 0.3 is 8.25 Å². The normalized spacial score (nSPS) is 12.7. The Balaban J connectivity index is 1.60. The van der Waals surface area contributed by atoms with Crippen LogP contribution in [0.2, 0.25) is 0 Å². The van der Waals surface area contributed by atoms with Crippen molar-refractivity contribution >= 4 is 8.25 Å². The molecule has 2 atom stereocenters. The summed E-state index contributed by atoms with van der Waals surface area (Å²) >= 11 is 0. The van der Waals surface area contributed by atoms with Crippen LogP contribution in [0, 0.1) is 0 Å². The van der Waals surface area contributed by atoms with Crippen LogP contribution in [0.4, 0.5) is 0 Å². The predicted octanol–water partition coefficient (Wildman–Crippen LogP) is 4.63. The molecule has 140 valence electrons. The van der Waals surface area contributed by atoms with Crippen LogP contribution in [0.15, 0.2) is 60.7 Å². The molecule has 0 spiro atoms. The second-order valence-corrected chi connectivity index (χ2v) is 6.66. The molecule has 5 nitrogen and oxygen atoms in total. The van der Waals surface area contributed by atoms with Crippen LogP contribution in [0.1, 0.15) is 30.4 Å². The SMILES string of the molecule is O=[P+](O)OC(CCCOCc1ccccc1)CCOCc1ccccc1. The Bertz CT molecular complexity index is 621. The minimum Gasteiger partial charge on any atom is -0.377 e. The molecule has 26 heavy (non-hydrogen) atoms.